The predicted molar refractivity (Wildman–Crippen MR) is 78.5 cm³/mol. The van der Waals surface area contributed by atoms with Crippen molar-refractivity contribution in [3.05, 3.63) is 54.5 Å². The maximum Gasteiger partial charge on any atom is 0.139 e. The molecule has 1 N–H and O–H groups in total. The van der Waals surface area contributed by atoms with E-state index in [2.05, 4.69) is 56.4 Å². The van der Waals surface area contributed by atoms with Crippen molar-refractivity contribution < 1.29 is 0 Å². The van der Waals surface area contributed by atoms with Crippen molar-refractivity contribution in [1.29, 1.82) is 0 Å². The van der Waals surface area contributed by atoms with Gasteiger partial charge in [-0.05, 0) is 25.5 Å². The van der Waals surface area contributed by atoms with Crippen LogP contribution in [0, 0.1) is 6.92 Å². The SMILES string of the molecule is Cc1cccn2c(CN[C@H](C)Cn3ccnc3)cnc12. The fraction of sp³-hybridized carbons (Fsp3) is 0.333. The van der Waals surface area contributed by atoms with Gasteiger partial charge in [-0.1, -0.05) is 6.07 Å². The number of fused-ring (bicyclic) bond motifs is 1. The minimum absolute atomic E-state index is 0.375. The zero-order valence-electron chi connectivity index (χ0n) is 11.8. The van der Waals surface area contributed by atoms with Gasteiger partial charge < -0.3 is 14.3 Å². The summed E-state index contributed by atoms with van der Waals surface area (Å²) >= 11 is 0. The Hall–Kier alpha value is -2.14. The molecule has 3 aromatic rings. The highest BCUT2D eigenvalue weighted by molar-refractivity contribution is 5.48. The standard InChI is InChI=1S/C15H19N5/c1-12-4-3-6-20-14(9-18-15(12)20)8-17-13(2)10-19-7-5-16-11-19/h3-7,9,11,13,17H,8,10H2,1-2H3/t13-/m1/s1. The number of hydrogen-bond donors (Lipinski definition) is 1. The van der Waals surface area contributed by atoms with Crippen LogP contribution in [0.15, 0.2) is 43.2 Å². The molecule has 0 aliphatic carbocycles. The smallest absolute Gasteiger partial charge is 0.139 e. The van der Waals surface area contributed by atoms with E-state index in [1.165, 1.54) is 11.3 Å². The second-order valence-corrected chi connectivity index (χ2v) is 5.18. The van der Waals surface area contributed by atoms with Crippen LogP contribution in [-0.4, -0.2) is 25.0 Å². The summed E-state index contributed by atoms with van der Waals surface area (Å²) in [5.41, 5.74) is 3.41. The summed E-state index contributed by atoms with van der Waals surface area (Å²) in [6, 6.07) is 4.52. The molecule has 0 aliphatic heterocycles. The molecule has 0 saturated carbocycles. The number of aromatic nitrogens is 4. The first-order chi connectivity index (χ1) is 9.74. The molecule has 1 atom stereocenters. The molecular weight excluding hydrogens is 250 g/mol. The monoisotopic (exact) mass is 269 g/mol. The zero-order valence-corrected chi connectivity index (χ0v) is 11.8. The van der Waals surface area contributed by atoms with Crippen molar-refractivity contribution in [3.8, 4) is 0 Å². The van der Waals surface area contributed by atoms with Crippen LogP contribution in [0.2, 0.25) is 0 Å². The van der Waals surface area contributed by atoms with Crippen molar-refractivity contribution in [2.45, 2.75) is 33.0 Å². The van der Waals surface area contributed by atoms with Crippen LogP contribution < -0.4 is 5.32 Å². The van der Waals surface area contributed by atoms with Gasteiger partial charge in [0.25, 0.3) is 0 Å². The van der Waals surface area contributed by atoms with Gasteiger partial charge in [0.15, 0.2) is 0 Å². The Bertz CT molecular complexity index is 683. The number of imidazole rings is 2. The van der Waals surface area contributed by atoms with Crippen LogP contribution in [0.4, 0.5) is 0 Å². The summed E-state index contributed by atoms with van der Waals surface area (Å²) in [6.45, 7) is 5.98. The quantitative estimate of drug-likeness (QED) is 0.771. The van der Waals surface area contributed by atoms with E-state index in [-0.39, 0.29) is 0 Å². The second-order valence-electron chi connectivity index (χ2n) is 5.18. The fourth-order valence-electron chi connectivity index (χ4n) is 2.39. The van der Waals surface area contributed by atoms with Crippen LogP contribution in [0.1, 0.15) is 18.2 Å². The molecule has 104 valence electrons. The van der Waals surface area contributed by atoms with Gasteiger partial charge in [-0.2, -0.15) is 0 Å². The first kappa shape index (κ1) is 12.9. The highest BCUT2D eigenvalue weighted by atomic mass is 15.1. The molecule has 0 spiro atoms. The number of nitrogens with one attached hydrogen (secondary N) is 1. The lowest BCUT2D eigenvalue weighted by Crippen LogP contribution is -2.30. The summed E-state index contributed by atoms with van der Waals surface area (Å²) < 4.78 is 4.22. The molecule has 0 fully saturated rings. The fourth-order valence-corrected chi connectivity index (χ4v) is 2.39. The largest absolute Gasteiger partial charge is 0.336 e. The molecule has 0 aromatic carbocycles. The molecule has 0 saturated heterocycles. The van der Waals surface area contributed by atoms with E-state index in [1.807, 2.05) is 18.7 Å². The average Bonchev–Trinajstić information content (AvgIpc) is 3.06. The number of pyridine rings is 1. The lowest BCUT2D eigenvalue weighted by atomic mass is 10.3. The molecule has 5 heteroatoms. The van der Waals surface area contributed by atoms with Crippen molar-refractivity contribution in [2.75, 3.05) is 0 Å². The van der Waals surface area contributed by atoms with Crippen molar-refractivity contribution in [2.24, 2.45) is 0 Å². The zero-order chi connectivity index (χ0) is 13.9. The Labute approximate surface area is 118 Å². The number of rotatable bonds is 5. The van der Waals surface area contributed by atoms with Crippen molar-refractivity contribution in [3.63, 3.8) is 0 Å². The molecule has 3 rings (SSSR count). The van der Waals surface area contributed by atoms with Gasteiger partial charge in [-0.25, -0.2) is 9.97 Å². The maximum atomic E-state index is 4.48. The summed E-state index contributed by atoms with van der Waals surface area (Å²) in [4.78, 5) is 8.54. The molecule has 20 heavy (non-hydrogen) atoms. The van der Waals surface area contributed by atoms with E-state index in [1.54, 1.807) is 6.20 Å². The third-order valence-corrected chi connectivity index (χ3v) is 3.48. The van der Waals surface area contributed by atoms with Gasteiger partial charge in [-0.15, -0.1) is 0 Å². The highest BCUT2D eigenvalue weighted by Gasteiger charge is 2.07. The molecule has 0 aliphatic rings. The van der Waals surface area contributed by atoms with Crippen LogP contribution in [0.3, 0.4) is 0 Å². The third kappa shape index (κ3) is 2.58. The van der Waals surface area contributed by atoms with Crippen LogP contribution in [0.25, 0.3) is 5.65 Å². The molecule has 0 bridgehead atoms. The lowest BCUT2D eigenvalue weighted by Gasteiger charge is -2.14. The van der Waals surface area contributed by atoms with Gasteiger partial charge in [-0.3, -0.25) is 0 Å². The van der Waals surface area contributed by atoms with E-state index in [4.69, 9.17) is 0 Å². The van der Waals surface area contributed by atoms with Crippen molar-refractivity contribution >= 4 is 5.65 Å². The van der Waals surface area contributed by atoms with E-state index in [0.717, 1.165) is 18.7 Å². The molecule has 0 unspecified atom stereocenters. The second kappa shape index (κ2) is 5.46. The highest BCUT2D eigenvalue weighted by Crippen LogP contribution is 2.11. The first-order valence-corrected chi connectivity index (χ1v) is 6.84. The normalized spacial score (nSPS) is 12.9. The molecule has 3 heterocycles. The van der Waals surface area contributed by atoms with Gasteiger partial charge in [0.05, 0.1) is 18.2 Å². The lowest BCUT2D eigenvalue weighted by molar-refractivity contribution is 0.472. The van der Waals surface area contributed by atoms with Crippen LogP contribution in [0.5, 0.6) is 0 Å². The average molecular weight is 269 g/mol. The molecule has 5 nitrogen and oxygen atoms in total. The molecular formula is C15H19N5. The maximum absolute atomic E-state index is 4.48. The van der Waals surface area contributed by atoms with Crippen LogP contribution >= 0.6 is 0 Å². The number of nitrogens with zero attached hydrogens (tertiary/aromatic N) is 4. The number of aryl methyl sites for hydroxylation is 1. The number of hydrogen-bond acceptors (Lipinski definition) is 3. The molecule has 0 amide bonds. The Kier molecular flexibility index (Phi) is 3.52. The van der Waals surface area contributed by atoms with Gasteiger partial charge >= 0.3 is 0 Å². The van der Waals surface area contributed by atoms with Gasteiger partial charge in [0.2, 0.25) is 0 Å². The Morgan fingerprint density at radius 1 is 1.35 bits per heavy atom. The summed E-state index contributed by atoms with van der Waals surface area (Å²) in [6.07, 6.45) is 9.64. The molecule has 0 radical (unpaired) electrons. The Balaban J connectivity index is 1.66. The van der Waals surface area contributed by atoms with E-state index in [9.17, 15) is 0 Å². The van der Waals surface area contributed by atoms with E-state index < -0.39 is 0 Å². The Morgan fingerprint density at radius 2 is 2.25 bits per heavy atom. The predicted octanol–water partition coefficient (Wildman–Crippen LogP) is 2.02. The third-order valence-electron chi connectivity index (χ3n) is 3.48. The Morgan fingerprint density at radius 3 is 3.05 bits per heavy atom. The summed E-state index contributed by atoms with van der Waals surface area (Å²) in [5.74, 6) is 0. The topological polar surface area (TPSA) is 47.1 Å². The molecule has 3 aromatic heterocycles. The minimum Gasteiger partial charge on any atom is -0.336 e. The first-order valence-electron chi connectivity index (χ1n) is 6.84. The summed E-state index contributed by atoms with van der Waals surface area (Å²) in [7, 11) is 0. The van der Waals surface area contributed by atoms with Gasteiger partial charge in [0.1, 0.15) is 5.65 Å². The summed E-state index contributed by atoms with van der Waals surface area (Å²) in [5, 5.41) is 3.53. The van der Waals surface area contributed by atoms with E-state index >= 15 is 0 Å². The van der Waals surface area contributed by atoms with E-state index in [0.29, 0.717) is 6.04 Å². The van der Waals surface area contributed by atoms with Crippen molar-refractivity contribution in [1.82, 2.24) is 24.3 Å². The minimum atomic E-state index is 0.375. The van der Waals surface area contributed by atoms with Gasteiger partial charge in [0, 0.05) is 37.7 Å². The van der Waals surface area contributed by atoms with Crippen LogP contribution in [-0.2, 0) is 13.1 Å².